The van der Waals surface area contributed by atoms with E-state index in [-0.39, 0.29) is 0 Å². The number of anilines is 1. The summed E-state index contributed by atoms with van der Waals surface area (Å²) in [6.45, 7) is 7.80. The van der Waals surface area contributed by atoms with Gasteiger partial charge in [-0.2, -0.15) is 0 Å². The van der Waals surface area contributed by atoms with Crippen LogP contribution in [0.1, 0.15) is 18.9 Å². The molecular formula is C16H27N3. The number of likely N-dealkylation sites (N-methyl/N-ethyl adjacent to an activating group) is 1. The Balaban J connectivity index is 2.15. The van der Waals surface area contributed by atoms with Crippen molar-refractivity contribution in [3.63, 3.8) is 0 Å². The highest BCUT2D eigenvalue weighted by Crippen LogP contribution is 2.21. The molecule has 19 heavy (non-hydrogen) atoms. The summed E-state index contributed by atoms with van der Waals surface area (Å²) in [7, 11) is 4.29. The Hall–Kier alpha value is -1.06. The van der Waals surface area contributed by atoms with E-state index in [4.69, 9.17) is 0 Å². The maximum Gasteiger partial charge on any atom is 0.0371 e. The minimum absolute atomic E-state index is 0.542. The largest absolute Gasteiger partial charge is 0.367 e. The van der Waals surface area contributed by atoms with Gasteiger partial charge < -0.3 is 15.1 Å². The van der Waals surface area contributed by atoms with Gasteiger partial charge in [0.25, 0.3) is 0 Å². The SMILES string of the molecule is Cc1cccc(N2CC(CN(C)C)NCCC2C)c1. The number of hydrogen-bond acceptors (Lipinski definition) is 3. The van der Waals surface area contributed by atoms with E-state index < -0.39 is 0 Å². The summed E-state index contributed by atoms with van der Waals surface area (Å²) in [4.78, 5) is 4.82. The number of aryl methyl sites for hydroxylation is 1. The second kappa shape index (κ2) is 6.40. The quantitative estimate of drug-likeness (QED) is 0.899. The third-order valence-electron chi connectivity index (χ3n) is 3.86. The molecule has 2 unspecified atom stereocenters. The van der Waals surface area contributed by atoms with Crippen LogP contribution >= 0.6 is 0 Å². The van der Waals surface area contributed by atoms with Crippen LogP contribution in [0.15, 0.2) is 24.3 Å². The molecule has 1 aromatic rings. The summed E-state index contributed by atoms with van der Waals surface area (Å²) in [5.74, 6) is 0. The first-order valence-electron chi connectivity index (χ1n) is 7.27. The molecule has 1 aromatic carbocycles. The molecule has 0 spiro atoms. The number of nitrogens with one attached hydrogen (secondary N) is 1. The molecule has 1 fully saturated rings. The molecule has 1 saturated heterocycles. The van der Waals surface area contributed by atoms with Crippen LogP contribution in [0.25, 0.3) is 0 Å². The second-order valence-electron chi connectivity index (χ2n) is 6.04. The van der Waals surface area contributed by atoms with Crippen molar-refractivity contribution in [1.29, 1.82) is 0 Å². The van der Waals surface area contributed by atoms with Gasteiger partial charge in [0.15, 0.2) is 0 Å². The van der Waals surface area contributed by atoms with Crippen LogP contribution in [-0.4, -0.2) is 50.7 Å². The van der Waals surface area contributed by atoms with Crippen molar-refractivity contribution in [2.45, 2.75) is 32.4 Å². The molecule has 0 amide bonds. The Morgan fingerprint density at radius 1 is 1.37 bits per heavy atom. The molecule has 1 aliphatic heterocycles. The highest BCUT2D eigenvalue weighted by molar-refractivity contribution is 5.49. The molecule has 2 atom stereocenters. The number of benzene rings is 1. The molecule has 0 radical (unpaired) electrons. The summed E-state index contributed by atoms with van der Waals surface area (Å²) in [6, 6.07) is 10.0. The Bertz CT molecular complexity index is 403. The summed E-state index contributed by atoms with van der Waals surface area (Å²) in [5, 5.41) is 3.67. The number of nitrogens with zero attached hydrogens (tertiary/aromatic N) is 2. The van der Waals surface area contributed by atoms with Crippen LogP contribution in [0, 0.1) is 6.92 Å². The fourth-order valence-electron chi connectivity index (χ4n) is 2.86. The zero-order valence-electron chi connectivity index (χ0n) is 12.7. The van der Waals surface area contributed by atoms with Gasteiger partial charge in [-0.25, -0.2) is 0 Å². The molecule has 106 valence electrons. The van der Waals surface area contributed by atoms with Crippen LogP contribution in [-0.2, 0) is 0 Å². The van der Waals surface area contributed by atoms with E-state index in [0.29, 0.717) is 12.1 Å². The molecule has 0 aliphatic carbocycles. The van der Waals surface area contributed by atoms with Crippen molar-refractivity contribution < 1.29 is 0 Å². The van der Waals surface area contributed by atoms with E-state index in [0.717, 1.165) is 19.6 Å². The predicted octanol–water partition coefficient (Wildman–Crippen LogP) is 2.11. The maximum absolute atomic E-state index is 3.67. The lowest BCUT2D eigenvalue weighted by molar-refractivity contribution is 0.346. The standard InChI is InChI=1S/C16H27N3/c1-13-6-5-7-16(10-13)19-12-15(11-18(3)4)17-9-8-14(19)2/h5-7,10,14-15,17H,8-9,11-12H2,1-4H3. The molecule has 3 heteroatoms. The van der Waals surface area contributed by atoms with E-state index in [1.807, 2.05) is 0 Å². The van der Waals surface area contributed by atoms with E-state index in [1.54, 1.807) is 0 Å². The Morgan fingerprint density at radius 3 is 2.84 bits per heavy atom. The molecule has 0 bridgehead atoms. The first-order chi connectivity index (χ1) is 9.06. The van der Waals surface area contributed by atoms with Gasteiger partial charge >= 0.3 is 0 Å². The zero-order valence-corrected chi connectivity index (χ0v) is 12.7. The zero-order chi connectivity index (χ0) is 13.8. The molecule has 0 saturated carbocycles. The third kappa shape index (κ3) is 3.95. The second-order valence-corrected chi connectivity index (χ2v) is 6.04. The van der Waals surface area contributed by atoms with Crippen molar-refractivity contribution in [2.75, 3.05) is 38.6 Å². The first-order valence-corrected chi connectivity index (χ1v) is 7.27. The summed E-state index contributed by atoms with van der Waals surface area (Å²) in [6.07, 6.45) is 1.21. The van der Waals surface area contributed by atoms with Crippen molar-refractivity contribution in [3.8, 4) is 0 Å². The molecular weight excluding hydrogens is 234 g/mol. The number of rotatable bonds is 3. The molecule has 1 heterocycles. The monoisotopic (exact) mass is 261 g/mol. The highest BCUT2D eigenvalue weighted by atomic mass is 15.2. The van der Waals surface area contributed by atoms with Crippen LogP contribution in [0.2, 0.25) is 0 Å². The van der Waals surface area contributed by atoms with E-state index in [1.165, 1.54) is 17.7 Å². The van der Waals surface area contributed by atoms with E-state index in [9.17, 15) is 0 Å². The fraction of sp³-hybridized carbons (Fsp3) is 0.625. The van der Waals surface area contributed by atoms with Gasteiger partial charge in [-0.05, 0) is 58.6 Å². The van der Waals surface area contributed by atoms with Gasteiger partial charge in [0, 0.05) is 30.9 Å². The topological polar surface area (TPSA) is 18.5 Å². The van der Waals surface area contributed by atoms with Crippen molar-refractivity contribution in [2.24, 2.45) is 0 Å². The lowest BCUT2D eigenvalue weighted by Gasteiger charge is -2.32. The fourth-order valence-corrected chi connectivity index (χ4v) is 2.86. The smallest absolute Gasteiger partial charge is 0.0371 e. The summed E-state index contributed by atoms with van der Waals surface area (Å²) < 4.78 is 0. The molecule has 1 N–H and O–H groups in total. The Kier molecular flexibility index (Phi) is 4.83. The third-order valence-corrected chi connectivity index (χ3v) is 3.86. The Labute approximate surface area is 117 Å². The van der Waals surface area contributed by atoms with E-state index >= 15 is 0 Å². The van der Waals surface area contributed by atoms with Crippen molar-refractivity contribution in [3.05, 3.63) is 29.8 Å². The van der Waals surface area contributed by atoms with Gasteiger partial charge in [-0.15, -0.1) is 0 Å². The lowest BCUT2D eigenvalue weighted by atomic mass is 10.1. The van der Waals surface area contributed by atoms with Gasteiger partial charge in [0.05, 0.1) is 0 Å². The van der Waals surface area contributed by atoms with Crippen LogP contribution in [0.3, 0.4) is 0 Å². The van der Waals surface area contributed by atoms with Gasteiger partial charge in [-0.1, -0.05) is 12.1 Å². The molecule has 3 nitrogen and oxygen atoms in total. The summed E-state index contributed by atoms with van der Waals surface area (Å²) in [5.41, 5.74) is 2.70. The minimum Gasteiger partial charge on any atom is -0.367 e. The lowest BCUT2D eigenvalue weighted by Crippen LogP contribution is -2.45. The average Bonchev–Trinajstić information content (AvgIpc) is 2.51. The molecule has 2 rings (SSSR count). The highest BCUT2D eigenvalue weighted by Gasteiger charge is 2.23. The van der Waals surface area contributed by atoms with Gasteiger partial charge in [-0.3, -0.25) is 0 Å². The van der Waals surface area contributed by atoms with Crippen LogP contribution in [0.4, 0.5) is 5.69 Å². The van der Waals surface area contributed by atoms with Crippen molar-refractivity contribution >= 4 is 5.69 Å². The normalized spacial score (nSPS) is 24.6. The van der Waals surface area contributed by atoms with Gasteiger partial charge in [0.2, 0.25) is 0 Å². The minimum atomic E-state index is 0.542. The average molecular weight is 261 g/mol. The summed E-state index contributed by atoms with van der Waals surface area (Å²) >= 11 is 0. The first kappa shape index (κ1) is 14.4. The van der Waals surface area contributed by atoms with Crippen LogP contribution in [0.5, 0.6) is 0 Å². The van der Waals surface area contributed by atoms with Crippen molar-refractivity contribution in [1.82, 2.24) is 10.2 Å². The predicted molar refractivity (Wildman–Crippen MR) is 82.9 cm³/mol. The molecule has 0 aromatic heterocycles. The van der Waals surface area contributed by atoms with Crippen LogP contribution < -0.4 is 10.2 Å². The van der Waals surface area contributed by atoms with Gasteiger partial charge in [0.1, 0.15) is 0 Å². The number of hydrogen-bond donors (Lipinski definition) is 1. The maximum atomic E-state index is 3.67. The molecule has 1 aliphatic rings. The Morgan fingerprint density at radius 2 is 2.16 bits per heavy atom. The van der Waals surface area contributed by atoms with E-state index in [2.05, 4.69) is 67.3 Å².